The van der Waals surface area contributed by atoms with Gasteiger partial charge < -0.3 is 0 Å². The average molecular weight is 524 g/mol. The Kier molecular flexibility index (Phi) is 14.0. The Morgan fingerprint density at radius 3 is 1.96 bits per heavy atom. The van der Waals surface area contributed by atoms with E-state index in [0.29, 0.717) is 6.42 Å². The van der Waals surface area contributed by atoms with Crippen LogP contribution in [-0.4, -0.2) is 19.5 Å². The van der Waals surface area contributed by atoms with Gasteiger partial charge in [0.15, 0.2) is 0 Å². The molecule has 160 valence electrons. The van der Waals surface area contributed by atoms with Crippen molar-refractivity contribution in [2.75, 3.05) is 11.0 Å². The highest BCUT2D eigenvalue weighted by atomic mass is 127. The van der Waals surface area contributed by atoms with Crippen LogP contribution in [0.3, 0.4) is 0 Å². The first-order valence-electron chi connectivity index (χ1n) is 10.3. The molecular formula is C22H34FIO3S. The minimum absolute atomic E-state index is 0.0518. The number of halogens is 2. The van der Waals surface area contributed by atoms with Gasteiger partial charge in [0, 0.05) is 0 Å². The predicted molar refractivity (Wildman–Crippen MR) is 123 cm³/mol. The third kappa shape index (κ3) is 12.2. The van der Waals surface area contributed by atoms with Crippen LogP contribution in [0.15, 0.2) is 41.1 Å². The van der Waals surface area contributed by atoms with E-state index in [2.05, 4.69) is 22.6 Å². The van der Waals surface area contributed by atoms with Crippen LogP contribution >= 0.6 is 22.6 Å². The minimum atomic E-state index is -3.91. The fourth-order valence-electron chi connectivity index (χ4n) is 2.88. The molecule has 0 atom stereocenters. The first-order valence-corrected chi connectivity index (χ1v) is 13.3. The number of hydrogen-bond donors (Lipinski definition) is 0. The molecule has 0 unspecified atom stereocenters. The van der Waals surface area contributed by atoms with Crippen molar-refractivity contribution in [2.45, 2.75) is 82.4 Å². The number of unbranched alkanes of at least 4 members (excludes halogenated alkanes) is 10. The lowest BCUT2D eigenvalue weighted by atomic mass is 10.1. The van der Waals surface area contributed by atoms with Gasteiger partial charge in [-0.2, -0.15) is 8.42 Å². The van der Waals surface area contributed by atoms with Crippen molar-refractivity contribution in [2.24, 2.45) is 0 Å². The van der Waals surface area contributed by atoms with Crippen molar-refractivity contribution in [3.63, 3.8) is 0 Å². The summed E-state index contributed by atoms with van der Waals surface area (Å²) in [6.45, 7) is 1.34. The monoisotopic (exact) mass is 524 g/mol. The van der Waals surface area contributed by atoms with E-state index in [0.717, 1.165) is 18.4 Å². The SMILES string of the molecule is Cc1ccc(S(=O)(=O)OCC(F)=CCCCCCCCCCCCCI)cc1. The first kappa shape index (κ1) is 25.6. The summed E-state index contributed by atoms with van der Waals surface area (Å²) in [7, 11) is -3.91. The Labute approximate surface area is 184 Å². The second-order valence-electron chi connectivity index (χ2n) is 7.19. The van der Waals surface area contributed by atoms with Crippen molar-refractivity contribution in [1.82, 2.24) is 0 Å². The van der Waals surface area contributed by atoms with E-state index in [1.165, 1.54) is 74.0 Å². The summed E-state index contributed by atoms with van der Waals surface area (Å²) in [5.41, 5.74) is 0.955. The molecule has 28 heavy (non-hydrogen) atoms. The van der Waals surface area contributed by atoms with E-state index >= 15 is 0 Å². The molecule has 0 saturated carbocycles. The van der Waals surface area contributed by atoms with Crippen molar-refractivity contribution in [1.29, 1.82) is 0 Å². The number of benzene rings is 1. The lowest BCUT2D eigenvalue weighted by Crippen LogP contribution is -2.08. The average Bonchev–Trinajstić information content (AvgIpc) is 2.67. The lowest BCUT2D eigenvalue weighted by molar-refractivity contribution is 0.318. The zero-order valence-corrected chi connectivity index (χ0v) is 19.9. The van der Waals surface area contributed by atoms with Gasteiger partial charge >= 0.3 is 0 Å². The van der Waals surface area contributed by atoms with Crippen LogP contribution in [0.25, 0.3) is 0 Å². The Bertz CT molecular complexity index is 657. The minimum Gasteiger partial charge on any atom is -0.259 e. The van der Waals surface area contributed by atoms with E-state index in [-0.39, 0.29) is 4.90 Å². The highest BCUT2D eigenvalue weighted by molar-refractivity contribution is 14.1. The highest BCUT2D eigenvalue weighted by Gasteiger charge is 2.15. The molecule has 0 N–H and O–H groups in total. The number of aryl methyl sites for hydroxylation is 1. The van der Waals surface area contributed by atoms with Gasteiger partial charge in [0.25, 0.3) is 10.1 Å². The Hall–Kier alpha value is -0.470. The van der Waals surface area contributed by atoms with Crippen LogP contribution < -0.4 is 0 Å². The van der Waals surface area contributed by atoms with Gasteiger partial charge in [0.1, 0.15) is 12.4 Å². The lowest BCUT2D eigenvalue weighted by Gasteiger charge is -2.05. The summed E-state index contributed by atoms with van der Waals surface area (Å²) >= 11 is 2.43. The maximum atomic E-state index is 13.8. The zero-order chi connectivity index (χ0) is 20.7. The highest BCUT2D eigenvalue weighted by Crippen LogP contribution is 2.16. The predicted octanol–water partition coefficient (Wildman–Crippen LogP) is 7.28. The number of allylic oxidation sites excluding steroid dienone is 1. The molecule has 3 nitrogen and oxygen atoms in total. The van der Waals surface area contributed by atoms with E-state index in [1.807, 2.05) is 6.92 Å². The number of rotatable bonds is 16. The van der Waals surface area contributed by atoms with Gasteiger partial charge in [-0.3, -0.25) is 4.18 Å². The summed E-state index contributed by atoms with van der Waals surface area (Å²) in [5.74, 6) is -0.526. The third-order valence-electron chi connectivity index (χ3n) is 4.62. The summed E-state index contributed by atoms with van der Waals surface area (Å²) in [5, 5.41) is 0. The molecule has 0 aliphatic heterocycles. The van der Waals surface area contributed by atoms with E-state index < -0.39 is 22.6 Å². The summed E-state index contributed by atoms with van der Waals surface area (Å²) in [4.78, 5) is 0.0518. The maximum absolute atomic E-state index is 13.8. The van der Waals surface area contributed by atoms with Gasteiger partial charge in [-0.1, -0.05) is 97.7 Å². The van der Waals surface area contributed by atoms with Crippen molar-refractivity contribution in [3.05, 3.63) is 41.7 Å². The summed E-state index contributed by atoms with van der Waals surface area (Å²) in [6, 6.07) is 6.32. The van der Waals surface area contributed by atoms with E-state index in [1.54, 1.807) is 12.1 Å². The normalized spacial score (nSPS) is 12.5. The summed E-state index contributed by atoms with van der Waals surface area (Å²) in [6.07, 6.45) is 14.5. The maximum Gasteiger partial charge on any atom is 0.297 e. The van der Waals surface area contributed by atoms with Crippen LogP contribution in [0.4, 0.5) is 4.39 Å². The molecule has 0 saturated heterocycles. The molecule has 0 fully saturated rings. The molecule has 6 heteroatoms. The van der Waals surface area contributed by atoms with Crippen LogP contribution in [0.5, 0.6) is 0 Å². The fraction of sp³-hybridized carbons (Fsp3) is 0.636. The van der Waals surface area contributed by atoms with Crippen LogP contribution in [0, 0.1) is 6.92 Å². The van der Waals surface area contributed by atoms with Crippen LogP contribution in [-0.2, 0) is 14.3 Å². The molecule has 0 radical (unpaired) electrons. The standard InChI is InChI=1S/C22H34FIO3S/c1-20-14-16-22(17-15-20)28(25,26)27-19-21(23)13-11-9-7-5-3-2-4-6-8-10-12-18-24/h13-17H,2-12,18-19H2,1H3. The fourth-order valence-corrected chi connectivity index (χ4v) is 4.29. The van der Waals surface area contributed by atoms with Gasteiger partial charge in [0.2, 0.25) is 0 Å². The van der Waals surface area contributed by atoms with Gasteiger partial charge in [0.05, 0.1) is 4.90 Å². The number of alkyl halides is 1. The molecule has 0 aliphatic rings. The van der Waals surface area contributed by atoms with Crippen LogP contribution in [0.1, 0.15) is 76.2 Å². The Morgan fingerprint density at radius 1 is 0.929 bits per heavy atom. The third-order valence-corrected chi connectivity index (χ3v) is 6.66. The second-order valence-corrected chi connectivity index (χ2v) is 9.89. The molecule has 0 amide bonds. The first-order chi connectivity index (χ1) is 13.5. The second kappa shape index (κ2) is 15.4. The smallest absolute Gasteiger partial charge is 0.259 e. The van der Waals surface area contributed by atoms with Crippen molar-refractivity contribution >= 4 is 32.7 Å². The molecule has 1 aromatic rings. The molecule has 1 aromatic carbocycles. The zero-order valence-electron chi connectivity index (χ0n) is 17.0. The summed E-state index contributed by atoms with van der Waals surface area (Å²) < 4.78 is 43.9. The quantitative estimate of drug-likeness (QED) is 0.0988. The van der Waals surface area contributed by atoms with Gasteiger partial charge in [-0.05, 0) is 42.7 Å². The van der Waals surface area contributed by atoms with Crippen molar-refractivity contribution in [3.8, 4) is 0 Å². The molecular weight excluding hydrogens is 490 g/mol. The molecule has 0 aromatic heterocycles. The molecule has 0 heterocycles. The Balaban J connectivity index is 2.08. The molecule has 0 aliphatic carbocycles. The van der Waals surface area contributed by atoms with Gasteiger partial charge in [-0.15, -0.1) is 0 Å². The topological polar surface area (TPSA) is 43.4 Å². The molecule has 1 rings (SSSR count). The molecule has 0 spiro atoms. The largest absolute Gasteiger partial charge is 0.297 e. The van der Waals surface area contributed by atoms with Gasteiger partial charge in [-0.25, -0.2) is 4.39 Å². The van der Waals surface area contributed by atoms with E-state index in [9.17, 15) is 12.8 Å². The van der Waals surface area contributed by atoms with E-state index in [4.69, 9.17) is 4.18 Å². The number of hydrogen-bond acceptors (Lipinski definition) is 3. The molecule has 0 bridgehead atoms. The van der Waals surface area contributed by atoms with Crippen molar-refractivity contribution < 1.29 is 17.0 Å². The Morgan fingerprint density at radius 2 is 1.43 bits per heavy atom. The van der Waals surface area contributed by atoms with Crippen LogP contribution in [0.2, 0.25) is 0 Å².